The van der Waals surface area contributed by atoms with Crippen LogP contribution in [0, 0.1) is 6.92 Å². The molecule has 0 spiro atoms. The maximum Gasteiger partial charge on any atom is 0.341 e. The molecule has 0 bridgehead atoms. The molecule has 37 heavy (non-hydrogen) atoms. The Morgan fingerprint density at radius 1 is 1.05 bits per heavy atom. The van der Waals surface area contributed by atoms with Crippen LogP contribution in [-0.4, -0.2) is 36.9 Å². The molecule has 0 saturated carbocycles. The lowest BCUT2D eigenvalue weighted by atomic mass is 9.99. The molecule has 0 saturated heterocycles. The van der Waals surface area contributed by atoms with Gasteiger partial charge in [0.15, 0.2) is 6.61 Å². The Kier molecular flexibility index (Phi) is 7.28. The third-order valence-corrected chi connectivity index (χ3v) is 6.86. The molecular weight excluding hydrogens is 464 g/mol. The van der Waals surface area contributed by atoms with Crippen molar-refractivity contribution in [1.82, 2.24) is 5.32 Å². The van der Waals surface area contributed by atoms with Crippen LogP contribution >= 0.6 is 0 Å². The van der Waals surface area contributed by atoms with Crippen LogP contribution in [-0.2, 0) is 4.79 Å². The van der Waals surface area contributed by atoms with Gasteiger partial charge in [-0.05, 0) is 79.0 Å². The summed E-state index contributed by atoms with van der Waals surface area (Å²) in [7, 11) is 0. The number of nitrogens with zero attached hydrogens (tertiary/aromatic N) is 1. The van der Waals surface area contributed by atoms with E-state index in [0.717, 1.165) is 42.2 Å². The van der Waals surface area contributed by atoms with Crippen molar-refractivity contribution in [2.24, 2.45) is 0 Å². The van der Waals surface area contributed by atoms with E-state index in [9.17, 15) is 4.79 Å². The molecule has 2 N–H and O–H groups in total. The fourth-order valence-corrected chi connectivity index (χ4v) is 5.04. The number of nitrogens with one attached hydrogen (secondary N) is 1. The summed E-state index contributed by atoms with van der Waals surface area (Å²) < 4.78 is 11.8. The van der Waals surface area contributed by atoms with E-state index in [4.69, 9.17) is 14.6 Å². The van der Waals surface area contributed by atoms with Gasteiger partial charge in [-0.3, -0.25) is 0 Å². The molecule has 2 atom stereocenters. The van der Waals surface area contributed by atoms with Gasteiger partial charge in [-0.25, -0.2) is 4.79 Å². The first kappa shape index (κ1) is 24.7. The lowest BCUT2D eigenvalue weighted by Gasteiger charge is -2.37. The minimum atomic E-state index is -0.991. The third-order valence-electron chi connectivity index (χ3n) is 6.86. The number of benzene rings is 4. The highest BCUT2D eigenvalue weighted by atomic mass is 16.5. The van der Waals surface area contributed by atoms with Crippen molar-refractivity contribution in [3.63, 3.8) is 0 Å². The average molecular weight is 497 g/mol. The molecule has 1 aliphatic rings. The van der Waals surface area contributed by atoms with E-state index >= 15 is 0 Å². The zero-order valence-electron chi connectivity index (χ0n) is 21.2. The Morgan fingerprint density at radius 3 is 2.68 bits per heavy atom. The van der Waals surface area contributed by atoms with E-state index in [1.54, 1.807) is 0 Å². The van der Waals surface area contributed by atoms with Crippen molar-refractivity contribution < 1.29 is 19.4 Å². The van der Waals surface area contributed by atoms with E-state index in [2.05, 4.69) is 65.7 Å². The van der Waals surface area contributed by atoms with Crippen LogP contribution in [0.5, 0.6) is 11.5 Å². The molecule has 0 aliphatic carbocycles. The van der Waals surface area contributed by atoms with Gasteiger partial charge in [-0.2, -0.15) is 0 Å². The lowest BCUT2D eigenvalue weighted by molar-refractivity contribution is -0.139. The maximum absolute atomic E-state index is 10.9. The van der Waals surface area contributed by atoms with Crippen LogP contribution < -0.4 is 19.7 Å². The number of ether oxygens (including phenoxy) is 2. The Balaban J connectivity index is 1.28. The topological polar surface area (TPSA) is 71.0 Å². The van der Waals surface area contributed by atoms with Gasteiger partial charge in [0.25, 0.3) is 0 Å². The number of carboxylic acid groups (broad SMARTS) is 1. The largest absolute Gasteiger partial charge is 0.486 e. The number of rotatable bonds is 9. The van der Waals surface area contributed by atoms with Crippen molar-refractivity contribution in [2.45, 2.75) is 32.4 Å². The molecule has 0 amide bonds. The molecule has 6 nitrogen and oxygen atoms in total. The summed E-state index contributed by atoms with van der Waals surface area (Å²) in [6.07, 6.45) is 0.878. The standard InChI is InChI=1S/C31H32N2O4/c1-21-18-24(36-20-31(34)35)14-15-28(21)33-19-25(37-30-13-6-5-12-29(30)33)16-17-32-22(2)26-11-7-9-23-8-3-4-10-27(23)26/h3-15,18,22,25,32H,16-17,19-20H2,1-2H3,(H,34,35)/t22-,25?/m1/s1. The molecule has 0 aromatic heterocycles. The first-order valence-electron chi connectivity index (χ1n) is 12.7. The fraction of sp³-hybridized carbons (Fsp3) is 0.258. The van der Waals surface area contributed by atoms with E-state index in [1.165, 1.54) is 16.3 Å². The van der Waals surface area contributed by atoms with Gasteiger partial charge < -0.3 is 24.8 Å². The molecule has 6 heteroatoms. The van der Waals surface area contributed by atoms with Gasteiger partial charge in [0.05, 0.1) is 12.2 Å². The predicted octanol–water partition coefficient (Wildman–Crippen LogP) is 6.25. The molecular formula is C31H32N2O4. The monoisotopic (exact) mass is 496 g/mol. The number of carbonyl (C=O) groups is 1. The van der Waals surface area contributed by atoms with E-state index in [0.29, 0.717) is 5.75 Å². The number of fused-ring (bicyclic) bond motifs is 2. The van der Waals surface area contributed by atoms with Crippen molar-refractivity contribution in [3.05, 3.63) is 96.1 Å². The van der Waals surface area contributed by atoms with Crippen LogP contribution in [0.15, 0.2) is 84.9 Å². The molecule has 190 valence electrons. The number of aliphatic carboxylic acids is 1. The minimum absolute atomic E-state index is 0.0180. The second-order valence-electron chi connectivity index (χ2n) is 9.48. The number of para-hydroxylation sites is 2. The molecule has 1 aliphatic heterocycles. The molecule has 5 rings (SSSR count). The van der Waals surface area contributed by atoms with Gasteiger partial charge in [-0.15, -0.1) is 0 Å². The highest BCUT2D eigenvalue weighted by molar-refractivity contribution is 5.86. The summed E-state index contributed by atoms with van der Waals surface area (Å²) in [6.45, 7) is 5.42. The summed E-state index contributed by atoms with van der Waals surface area (Å²) in [6, 6.07) is 29.0. The van der Waals surface area contributed by atoms with Gasteiger partial charge in [0, 0.05) is 11.7 Å². The lowest BCUT2D eigenvalue weighted by Crippen LogP contribution is -2.39. The third kappa shape index (κ3) is 5.54. The normalized spacial score (nSPS) is 15.6. The SMILES string of the molecule is Cc1cc(OCC(=O)O)ccc1N1CC(CCN[C@H](C)c2cccc3ccccc23)Oc2ccccc21. The number of hydrogen-bond donors (Lipinski definition) is 2. The maximum atomic E-state index is 10.9. The summed E-state index contributed by atoms with van der Waals surface area (Å²) >= 11 is 0. The number of aryl methyl sites for hydroxylation is 1. The number of hydrogen-bond acceptors (Lipinski definition) is 5. The Labute approximate surface area is 217 Å². The zero-order valence-corrected chi connectivity index (χ0v) is 21.2. The first-order chi connectivity index (χ1) is 18.0. The van der Waals surface area contributed by atoms with E-state index in [-0.39, 0.29) is 18.8 Å². The van der Waals surface area contributed by atoms with Gasteiger partial charge in [0.2, 0.25) is 0 Å². The molecule has 1 heterocycles. The van der Waals surface area contributed by atoms with E-state index in [1.807, 2.05) is 43.3 Å². The van der Waals surface area contributed by atoms with Crippen LogP contribution in [0.3, 0.4) is 0 Å². The van der Waals surface area contributed by atoms with Gasteiger partial charge >= 0.3 is 5.97 Å². The molecule has 4 aromatic carbocycles. The van der Waals surface area contributed by atoms with Crippen molar-refractivity contribution in [1.29, 1.82) is 0 Å². The number of anilines is 2. The fourth-order valence-electron chi connectivity index (χ4n) is 5.04. The van der Waals surface area contributed by atoms with Crippen LogP contribution in [0.4, 0.5) is 11.4 Å². The zero-order chi connectivity index (χ0) is 25.8. The minimum Gasteiger partial charge on any atom is -0.486 e. The Hall–Kier alpha value is -4.03. The average Bonchev–Trinajstić information content (AvgIpc) is 2.91. The summed E-state index contributed by atoms with van der Waals surface area (Å²) in [4.78, 5) is 13.1. The number of carboxylic acids is 1. The van der Waals surface area contributed by atoms with Gasteiger partial charge in [-0.1, -0.05) is 54.6 Å². The van der Waals surface area contributed by atoms with Crippen LogP contribution in [0.2, 0.25) is 0 Å². The smallest absolute Gasteiger partial charge is 0.341 e. The highest BCUT2D eigenvalue weighted by Gasteiger charge is 2.27. The van der Waals surface area contributed by atoms with Crippen molar-refractivity contribution >= 4 is 28.1 Å². The molecule has 0 fully saturated rings. The predicted molar refractivity (Wildman–Crippen MR) is 147 cm³/mol. The van der Waals surface area contributed by atoms with Crippen molar-refractivity contribution in [3.8, 4) is 11.5 Å². The second-order valence-corrected chi connectivity index (χ2v) is 9.48. The highest BCUT2D eigenvalue weighted by Crippen LogP contribution is 2.40. The Morgan fingerprint density at radius 2 is 1.84 bits per heavy atom. The molecule has 1 unspecified atom stereocenters. The van der Waals surface area contributed by atoms with Crippen LogP contribution in [0.1, 0.15) is 30.5 Å². The summed E-state index contributed by atoms with van der Waals surface area (Å²) in [5.41, 5.74) is 4.40. The summed E-state index contributed by atoms with van der Waals surface area (Å²) in [5, 5.41) is 15.1. The van der Waals surface area contributed by atoms with Crippen molar-refractivity contribution in [2.75, 3.05) is 24.6 Å². The first-order valence-corrected chi connectivity index (χ1v) is 12.7. The molecule has 4 aromatic rings. The summed E-state index contributed by atoms with van der Waals surface area (Å²) in [5.74, 6) is 0.426. The van der Waals surface area contributed by atoms with E-state index < -0.39 is 5.97 Å². The Bertz CT molecular complexity index is 1400. The quantitative estimate of drug-likeness (QED) is 0.285. The van der Waals surface area contributed by atoms with Crippen LogP contribution in [0.25, 0.3) is 10.8 Å². The second kappa shape index (κ2) is 10.9. The molecule has 0 radical (unpaired) electrons. The van der Waals surface area contributed by atoms with Gasteiger partial charge in [0.1, 0.15) is 17.6 Å².